The van der Waals surface area contributed by atoms with Crippen LogP contribution in [-0.2, 0) is 9.47 Å². The number of carbonyl (C=O) groups is 1. The van der Waals surface area contributed by atoms with Gasteiger partial charge in [-0.15, -0.1) is 0 Å². The minimum atomic E-state index is -0.274. The Morgan fingerprint density at radius 3 is 2.81 bits per heavy atom. The number of rotatable bonds is 3. The summed E-state index contributed by atoms with van der Waals surface area (Å²) in [6.07, 6.45) is 1.05. The molecular formula is C13H16O3. The number of hydrogen-bond acceptors (Lipinski definition) is 3. The molecule has 0 radical (unpaired) electrons. The maximum atomic E-state index is 11.6. The number of carbonyl (C=O) groups excluding carboxylic acids is 1. The molecule has 3 nitrogen and oxygen atoms in total. The van der Waals surface area contributed by atoms with E-state index in [0.29, 0.717) is 18.1 Å². The maximum absolute atomic E-state index is 11.6. The molecule has 0 amide bonds. The van der Waals surface area contributed by atoms with Gasteiger partial charge in [0.05, 0.1) is 11.7 Å². The summed E-state index contributed by atoms with van der Waals surface area (Å²) in [6.45, 7) is 3.27. The minimum absolute atomic E-state index is 0.0719. The summed E-state index contributed by atoms with van der Waals surface area (Å²) in [5.74, 6) is 0.296. The Morgan fingerprint density at radius 2 is 2.19 bits per heavy atom. The van der Waals surface area contributed by atoms with E-state index in [1.165, 1.54) is 0 Å². The van der Waals surface area contributed by atoms with Crippen molar-refractivity contribution in [2.75, 3.05) is 13.2 Å². The summed E-state index contributed by atoms with van der Waals surface area (Å²) in [6, 6.07) is 9.02. The first-order valence-corrected chi connectivity index (χ1v) is 5.59. The molecule has 2 rings (SSSR count). The van der Waals surface area contributed by atoms with Gasteiger partial charge in [-0.3, -0.25) is 0 Å². The molecule has 16 heavy (non-hydrogen) atoms. The van der Waals surface area contributed by atoms with Gasteiger partial charge in [-0.2, -0.15) is 0 Å². The average Bonchev–Trinajstić information content (AvgIpc) is 2.73. The number of ether oxygens (including phenoxy) is 2. The van der Waals surface area contributed by atoms with Gasteiger partial charge in [0.1, 0.15) is 6.61 Å². The number of esters is 1. The molecule has 86 valence electrons. The van der Waals surface area contributed by atoms with E-state index in [2.05, 4.69) is 6.92 Å². The van der Waals surface area contributed by atoms with Gasteiger partial charge in [0.2, 0.25) is 0 Å². The molecule has 1 saturated heterocycles. The van der Waals surface area contributed by atoms with Gasteiger partial charge in [0.15, 0.2) is 0 Å². The zero-order valence-electron chi connectivity index (χ0n) is 9.39. The van der Waals surface area contributed by atoms with E-state index in [1.807, 2.05) is 18.2 Å². The molecule has 1 fully saturated rings. The van der Waals surface area contributed by atoms with Crippen LogP contribution in [0.5, 0.6) is 0 Å². The second-order valence-electron chi connectivity index (χ2n) is 4.26. The van der Waals surface area contributed by atoms with Crippen molar-refractivity contribution in [3.63, 3.8) is 0 Å². The fourth-order valence-corrected chi connectivity index (χ4v) is 1.83. The second kappa shape index (κ2) is 5.12. The molecule has 1 aliphatic rings. The van der Waals surface area contributed by atoms with Crippen molar-refractivity contribution in [1.82, 2.24) is 0 Å². The van der Waals surface area contributed by atoms with Crippen molar-refractivity contribution in [3.05, 3.63) is 35.9 Å². The molecule has 0 aliphatic carbocycles. The Morgan fingerprint density at radius 1 is 1.44 bits per heavy atom. The molecule has 3 heteroatoms. The predicted molar refractivity (Wildman–Crippen MR) is 60.2 cm³/mol. The largest absolute Gasteiger partial charge is 0.459 e. The van der Waals surface area contributed by atoms with Gasteiger partial charge in [-0.25, -0.2) is 4.79 Å². The van der Waals surface area contributed by atoms with Crippen molar-refractivity contribution in [2.24, 2.45) is 5.92 Å². The second-order valence-corrected chi connectivity index (χ2v) is 4.26. The summed E-state index contributed by atoms with van der Waals surface area (Å²) in [5.41, 5.74) is 0.591. The Hall–Kier alpha value is -1.35. The van der Waals surface area contributed by atoms with Gasteiger partial charge >= 0.3 is 5.97 Å². The van der Waals surface area contributed by atoms with Crippen LogP contribution in [0.1, 0.15) is 23.7 Å². The highest BCUT2D eigenvalue weighted by Crippen LogP contribution is 2.19. The predicted octanol–water partition coefficient (Wildman–Crippen LogP) is 2.27. The van der Waals surface area contributed by atoms with Crippen molar-refractivity contribution in [3.8, 4) is 0 Å². The van der Waals surface area contributed by atoms with Crippen LogP contribution in [0, 0.1) is 5.92 Å². The standard InChI is InChI=1S/C13H16O3/c1-10-7-12(15-8-10)9-16-13(14)11-5-3-2-4-6-11/h2-6,10,12H,7-9H2,1H3. The zero-order chi connectivity index (χ0) is 11.4. The molecule has 1 aromatic rings. The Bertz CT molecular complexity index is 347. The van der Waals surface area contributed by atoms with Crippen molar-refractivity contribution < 1.29 is 14.3 Å². The lowest BCUT2D eigenvalue weighted by Crippen LogP contribution is -2.17. The summed E-state index contributed by atoms with van der Waals surface area (Å²) in [4.78, 5) is 11.6. The van der Waals surface area contributed by atoms with E-state index in [9.17, 15) is 4.79 Å². The maximum Gasteiger partial charge on any atom is 0.338 e. The third-order valence-electron chi connectivity index (χ3n) is 2.69. The van der Waals surface area contributed by atoms with Crippen LogP contribution in [0.3, 0.4) is 0 Å². The molecule has 1 heterocycles. The first-order chi connectivity index (χ1) is 7.75. The van der Waals surface area contributed by atoms with Crippen molar-refractivity contribution in [2.45, 2.75) is 19.4 Å². The van der Waals surface area contributed by atoms with Gasteiger partial charge < -0.3 is 9.47 Å². The van der Waals surface area contributed by atoms with Crippen LogP contribution < -0.4 is 0 Å². The van der Waals surface area contributed by atoms with E-state index in [1.54, 1.807) is 12.1 Å². The van der Waals surface area contributed by atoms with Gasteiger partial charge in [-0.05, 0) is 24.5 Å². The molecule has 0 N–H and O–H groups in total. The summed E-state index contributed by atoms with van der Waals surface area (Å²) < 4.78 is 10.7. The van der Waals surface area contributed by atoms with Gasteiger partial charge in [0, 0.05) is 6.61 Å². The molecular weight excluding hydrogens is 204 g/mol. The molecule has 1 aliphatic heterocycles. The SMILES string of the molecule is CC1COC(COC(=O)c2ccccc2)C1. The van der Waals surface area contributed by atoms with Crippen molar-refractivity contribution >= 4 is 5.97 Å². The zero-order valence-corrected chi connectivity index (χ0v) is 9.39. The lowest BCUT2D eigenvalue weighted by molar-refractivity contribution is 0.0158. The van der Waals surface area contributed by atoms with E-state index >= 15 is 0 Å². The first kappa shape index (κ1) is 11.1. The molecule has 2 unspecified atom stereocenters. The molecule has 2 atom stereocenters. The molecule has 0 spiro atoms. The topological polar surface area (TPSA) is 35.5 Å². The van der Waals surface area contributed by atoms with Crippen LogP contribution in [0.4, 0.5) is 0 Å². The lowest BCUT2D eigenvalue weighted by Gasteiger charge is -2.10. The average molecular weight is 220 g/mol. The Labute approximate surface area is 95.4 Å². The smallest absolute Gasteiger partial charge is 0.338 e. The molecule has 0 bridgehead atoms. The van der Waals surface area contributed by atoms with Crippen LogP contribution >= 0.6 is 0 Å². The summed E-state index contributed by atoms with van der Waals surface area (Å²) in [5, 5.41) is 0. The van der Waals surface area contributed by atoms with E-state index < -0.39 is 0 Å². The van der Waals surface area contributed by atoms with Crippen LogP contribution in [0.2, 0.25) is 0 Å². The summed E-state index contributed by atoms with van der Waals surface area (Å²) in [7, 11) is 0. The monoisotopic (exact) mass is 220 g/mol. The number of benzene rings is 1. The highest BCUT2D eigenvalue weighted by atomic mass is 16.6. The fraction of sp³-hybridized carbons (Fsp3) is 0.462. The lowest BCUT2D eigenvalue weighted by atomic mass is 10.1. The van der Waals surface area contributed by atoms with Crippen LogP contribution in [-0.4, -0.2) is 25.3 Å². The van der Waals surface area contributed by atoms with Crippen LogP contribution in [0.25, 0.3) is 0 Å². The summed E-state index contributed by atoms with van der Waals surface area (Å²) >= 11 is 0. The van der Waals surface area contributed by atoms with Crippen molar-refractivity contribution in [1.29, 1.82) is 0 Å². The van der Waals surface area contributed by atoms with E-state index in [-0.39, 0.29) is 12.1 Å². The van der Waals surface area contributed by atoms with Crippen LogP contribution in [0.15, 0.2) is 30.3 Å². The first-order valence-electron chi connectivity index (χ1n) is 5.59. The van der Waals surface area contributed by atoms with E-state index in [4.69, 9.17) is 9.47 Å². The molecule has 0 saturated carbocycles. The van der Waals surface area contributed by atoms with Gasteiger partial charge in [-0.1, -0.05) is 25.1 Å². The third kappa shape index (κ3) is 2.83. The normalized spacial score (nSPS) is 24.3. The molecule has 0 aromatic heterocycles. The Kier molecular flexibility index (Phi) is 3.57. The highest BCUT2D eigenvalue weighted by Gasteiger charge is 2.23. The Balaban J connectivity index is 1.80. The van der Waals surface area contributed by atoms with Gasteiger partial charge in [0.25, 0.3) is 0 Å². The number of hydrogen-bond donors (Lipinski definition) is 0. The third-order valence-corrected chi connectivity index (χ3v) is 2.69. The quantitative estimate of drug-likeness (QED) is 0.733. The highest BCUT2D eigenvalue weighted by molar-refractivity contribution is 5.89. The van der Waals surface area contributed by atoms with E-state index in [0.717, 1.165) is 13.0 Å². The molecule has 1 aromatic carbocycles. The minimum Gasteiger partial charge on any atom is -0.459 e. The fourth-order valence-electron chi connectivity index (χ4n) is 1.83.